The van der Waals surface area contributed by atoms with Crippen molar-refractivity contribution in [2.45, 2.75) is 0 Å². The second kappa shape index (κ2) is 24.5. The van der Waals surface area contributed by atoms with Gasteiger partial charge in [-0.1, -0.05) is 297 Å². The second-order valence-corrected chi connectivity index (χ2v) is 39.3. The summed E-state index contributed by atoms with van der Waals surface area (Å²) in [6, 6.07) is 149. The van der Waals surface area contributed by atoms with Gasteiger partial charge in [-0.25, -0.2) is 0 Å². The summed E-state index contributed by atoms with van der Waals surface area (Å²) in [6.07, 6.45) is 0. The van der Waals surface area contributed by atoms with Crippen LogP contribution in [0, 0.1) is 0 Å². The fraction of sp³-hybridized carbons (Fsp3) is 0. The van der Waals surface area contributed by atoms with Crippen LogP contribution < -0.4 is 32.8 Å². The summed E-state index contributed by atoms with van der Waals surface area (Å²) in [5, 5.41) is 21.4. The summed E-state index contributed by atoms with van der Waals surface area (Å²) >= 11 is 0. The van der Waals surface area contributed by atoms with Crippen molar-refractivity contribution in [3.63, 3.8) is 0 Å². The third-order valence-corrected chi connectivity index (χ3v) is 33.1. The molecule has 6 aliphatic rings. The Kier molecular flexibility index (Phi) is 12.6. The van der Waals surface area contributed by atoms with E-state index in [1.165, 1.54) is 219 Å². The van der Waals surface area contributed by atoms with Gasteiger partial charge in [0.05, 0.1) is 38.8 Å². The van der Waals surface area contributed by atoms with Crippen LogP contribution in [0.4, 0.5) is 0 Å². The molecule has 21 aromatic carbocycles. The lowest BCUT2D eigenvalue weighted by atomic mass is 9.45. The molecule has 0 N–H and O–H groups in total. The molecule has 12 heteroatoms. The molecule has 0 saturated heterocycles. The van der Waals surface area contributed by atoms with Crippen molar-refractivity contribution >= 4 is 250 Å². The smallest absolute Gasteiger partial charge is 0.333 e. The summed E-state index contributed by atoms with van der Waals surface area (Å²) in [4.78, 5) is 0. The Labute approximate surface area is 785 Å². The molecule has 15 heterocycles. The molecule has 0 spiro atoms. The number of fused-ring (bicyclic) bond motifs is 42. The van der Waals surface area contributed by atoms with Crippen LogP contribution in [0.1, 0.15) is 0 Å². The molecule has 626 valence electrons. The van der Waals surface area contributed by atoms with Crippen molar-refractivity contribution in [3.8, 4) is 106 Å². The standard InChI is InChI=1S/C126H65B3N6O3/c1-4-21-66(22-5-1)69-46-52-100-89(57-69)82-34-19-41-98-120(82)130(100)106-64-96-78-28-11-13-44-108(78)136-125(96)113-87-38-17-32-81-92-61-74(49-55-104(92)134(119(81)87)129(98)116(106)113)75-29-14-39-88-111-110(138-124(75)88)65-107-115-112(111)86-37-16-31-80-77-51-45-73(62-105(77)135(118(80)86)128(115)97-40-18-35-83-90-58-70(67-23-6-2-7-24-67)47-53-101(90)131(107)121(83)97)72-50-56-109-93(60-72)95-63-94-85-33-15-30-79-76-27-10-12-43-103(76)133(117(79)85)127-99-42-20-36-84-91-59-71(68-25-8-3-9-26-68)48-54-102(91)132(122(84)99)123(114(94)127)126(95)137-109/h1-65H. The van der Waals surface area contributed by atoms with Crippen LogP contribution in [0.3, 0.4) is 0 Å². The Bertz CT molecular complexity index is 11100. The number of aromatic nitrogens is 6. The first kappa shape index (κ1) is 70.7. The van der Waals surface area contributed by atoms with Gasteiger partial charge < -0.3 is 40.4 Å². The minimum atomic E-state index is -0.252. The highest BCUT2D eigenvalue weighted by Crippen LogP contribution is 2.55. The van der Waals surface area contributed by atoms with Crippen LogP contribution in [-0.2, 0) is 0 Å². The van der Waals surface area contributed by atoms with E-state index in [0.29, 0.717) is 0 Å². The van der Waals surface area contributed by atoms with E-state index in [1.807, 2.05) is 0 Å². The largest absolute Gasteiger partial charge is 0.455 e. The molecule has 9 aromatic heterocycles. The fourth-order valence-electron chi connectivity index (χ4n) is 27.7. The molecule has 9 nitrogen and oxygen atoms in total. The minimum Gasteiger partial charge on any atom is -0.455 e. The average molecular weight is 1740 g/mol. The third-order valence-electron chi connectivity index (χ3n) is 33.1. The molecule has 0 fully saturated rings. The van der Waals surface area contributed by atoms with Crippen molar-refractivity contribution in [3.05, 3.63) is 394 Å². The Morgan fingerprint density at radius 2 is 0.580 bits per heavy atom. The number of benzene rings is 21. The molecule has 36 rings (SSSR count). The van der Waals surface area contributed by atoms with Gasteiger partial charge in [-0.3, -0.25) is 0 Å². The van der Waals surface area contributed by atoms with E-state index in [1.54, 1.807) is 0 Å². The molecule has 0 bridgehead atoms. The van der Waals surface area contributed by atoms with Crippen molar-refractivity contribution in [1.29, 1.82) is 0 Å². The van der Waals surface area contributed by atoms with Crippen LogP contribution in [0.2, 0.25) is 0 Å². The van der Waals surface area contributed by atoms with Gasteiger partial charge >= 0.3 is 20.5 Å². The minimum absolute atomic E-state index is 0.125. The number of hydrogen-bond donors (Lipinski definition) is 0. The van der Waals surface area contributed by atoms with Gasteiger partial charge in [0.2, 0.25) is 0 Å². The Hall–Kier alpha value is -18.0. The Balaban J connectivity index is 0.565. The fourth-order valence-corrected chi connectivity index (χ4v) is 27.7. The van der Waals surface area contributed by atoms with Gasteiger partial charge in [0, 0.05) is 175 Å². The molecular weight excluding hydrogens is 1680 g/mol. The van der Waals surface area contributed by atoms with Crippen LogP contribution in [-0.4, -0.2) is 47.7 Å². The molecule has 30 aromatic rings. The van der Waals surface area contributed by atoms with Crippen LogP contribution in [0.25, 0.3) is 303 Å². The monoisotopic (exact) mass is 1740 g/mol. The topological polar surface area (TPSA) is 69.0 Å². The highest BCUT2D eigenvalue weighted by molar-refractivity contribution is 6.92. The van der Waals surface area contributed by atoms with Crippen molar-refractivity contribution in [2.24, 2.45) is 0 Å². The maximum atomic E-state index is 7.85. The normalized spacial score (nSPS) is 13.5. The first-order valence-corrected chi connectivity index (χ1v) is 48.1. The summed E-state index contributed by atoms with van der Waals surface area (Å²) in [5.74, 6) is 0. The van der Waals surface area contributed by atoms with E-state index < -0.39 is 0 Å². The number of nitrogens with zero attached hydrogens (tertiary/aromatic N) is 6. The molecule has 6 aliphatic heterocycles. The first-order chi connectivity index (χ1) is 68.5. The van der Waals surface area contributed by atoms with E-state index in [4.69, 9.17) is 13.3 Å². The average Bonchev–Trinajstić information content (AvgIpc) is 1.50. The zero-order valence-electron chi connectivity index (χ0n) is 73.7. The maximum absolute atomic E-state index is 7.85. The highest BCUT2D eigenvalue weighted by atomic mass is 16.3. The summed E-state index contributed by atoms with van der Waals surface area (Å²) < 4.78 is 38.5. The lowest BCUT2D eigenvalue weighted by molar-refractivity contribution is 0.666. The quantitative estimate of drug-likeness (QED) is 0.161. The molecular formula is C126H65B3N6O3. The zero-order chi connectivity index (χ0) is 88.5. The van der Waals surface area contributed by atoms with E-state index >= 15 is 0 Å². The van der Waals surface area contributed by atoms with Crippen molar-refractivity contribution in [1.82, 2.24) is 27.1 Å². The van der Waals surface area contributed by atoms with Gasteiger partial charge in [-0.15, -0.1) is 0 Å². The van der Waals surface area contributed by atoms with E-state index in [9.17, 15) is 0 Å². The second-order valence-electron chi connectivity index (χ2n) is 39.3. The van der Waals surface area contributed by atoms with Gasteiger partial charge in [-0.2, -0.15) is 0 Å². The third kappa shape index (κ3) is 8.35. The van der Waals surface area contributed by atoms with Crippen molar-refractivity contribution in [2.75, 3.05) is 0 Å². The molecule has 138 heavy (non-hydrogen) atoms. The number of para-hydroxylation sites is 9. The lowest BCUT2D eigenvalue weighted by Crippen LogP contribution is -2.55. The molecule has 0 aliphatic carbocycles. The van der Waals surface area contributed by atoms with E-state index in [2.05, 4.69) is 421 Å². The molecule has 0 saturated carbocycles. The van der Waals surface area contributed by atoms with Crippen LogP contribution in [0.5, 0.6) is 0 Å². The van der Waals surface area contributed by atoms with Gasteiger partial charge in [0.1, 0.15) is 27.9 Å². The predicted molar refractivity (Wildman–Crippen MR) is 575 cm³/mol. The Morgan fingerprint density at radius 1 is 0.181 bits per heavy atom. The lowest BCUT2D eigenvalue weighted by Gasteiger charge is -2.34. The number of rotatable bonds is 5. The van der Waals surface area contributed by atoms with Gasteiger partial charge in [0.25, 0.3) is 0 Å². The highest BCUT2D eigenvalue weighted by Gasteiger charge is 2.48. The predicted octanol–water partition coefficient (Wildman–Crippen LogP) is 28.2. The van der Waals surface area contributed by atoms with Gasteiger partial charge in [0.15, 0.2) is 5.58 Å². The molecule has 0 unspecified atom stereocenters. The number of furan rings is 3. The molecule has 0 atom stereocenters. The molecule has 0 amide bonds. The van der Waals surface area contributed by atoms with Crippen LogP contribution >= 0.6 is 0 Å². The van der Waals surface area contributed by atoms with Crippen molar-refractivity contribution < 1.29 is 13.3 Å². The first-order valence-electron chi connectivity index (χ1n) is 48.1. The van der Waals surface area contributed by atoms with E-state index in [-0.39, 0.29) is 20.5 Å². The summed E-state index contributed by atoms with van der Waals surface area (Å²) in [7, 11) is 0. The summed E-state index contributed by atoms with van der Waals surface area (Å²) in [5.41, 5.74) is 49.6. The van der Waals surface area contributed by atoms with Crippen LogP contribution in [0.15, 0.2) is 408 Å². The Morgan fingerprint density at radius 3 is 1.22 bits per heavy atom. The zero-order valence-corrected chi connectivity index (χ0v) is 73.7. The van der Waals surface area contributed by atoms with Gasteiger partial charge in [-0.05, 0) is 185 Å². The maximum Gasteiger partial charge on any atom is 0.333 e. The number of hydrogen-bond acceptors (Lipinski definition) is 3. The SMILES string of the molecule is c1ccc(-c2ccc3c(c2)c2cccc4c2n3-c2cc3c(oc5ccccc53)c3c2B4n2c4ccc(-c5cccc6c5oc5cc7c8c(c56)-c5cccc6c9ccc(-c%10ccc%11oc%12c%13c%14c(cc%12c%11c%10)-c%10cccc%11c%12ccccc%12n(c%10%11)B%14c%10cccc%11c%12cc(-c%14ccccc%14)ccc%12n-%13c%10%11)cc9n(c56)B8c5cccc6c8cc(-c9ccccc9)ccc8n-7c56)cc4c4cccc-3c42)cc1. The summed E-state index contributed by atoms with van der Waals surface area (Å²) in [6.45, 7) is -0.558. The van der Waals surface area contributed by atoms with E-state index in [0.717, 1.165) is 116 Å². The molecule has 0 radical (unpaired) electrons.